The zero-order valence-corrected chi connectivity index (χ0v) is 8.49. The summed E-state index contributed by atoms with van der Waals surface area (Å²) in [5.41, 5.74) is 6.09. The van der Waals surface area contributed by atoms with Crippen LogP contribution in [-0.4, -0.2) is 18.8 Å². The van der Waals surface area contributed by atoms with Gasteiger partial charge in [0.25, 0.3) is 0 Å². The topological polar surface area (TPSA) is 68.6 Å². The predicted molar refractivity (Wildman–Crippen MR) is 57.2 cm³/mol. The molecule has 0 spiro atoms. The van der Waals surface area contributed by atoms with Crippen molar-refractivity contribution in [2.75, 3.05) is 13.7 Å². The molecule has 0 fully saturated rings. The highest BCUT2D eigenvalue weighted by Gasteiger charge is 2.14. The molecule has 1 heterocycles. The summed E-state index contributed by atoms with van der Waals surface area (Å²) < 4.78 is 10.8. The van der Waals surface area contributed by atoms with E-state index in [1.165, 1.54) is 0 Å². The van der Waals surface area contributed by atoms with Crippen molar-refractivity contribution in [3.63, 3.8) is 0 Å². The summed E-state index contributed by atoms with van der Waals surface area (Å²) in [7, 11) is 1.59. The number of methoxy groups -OCH3 is 1. The molecule has 3 N–H and O–H groups in total. The minimum Gasteiger partial charge on any atom is -0.508 e. The third-order valence-corrected chi connectivity index (χ3v) is 2.27. The van der Waals surface area contributed by atoms with E-state index >= 15 is 0 Å². The van der Waals surface area contributed by atoms with E-state index in [0.29, 0.717) is 24.3 Å². The number of fused-ring (bicyclic) bond motifs is 1. The Kier molecular flexibility index (Phi) is 2.51. The van der Waals surface area contributed by atoms with Crippen molar-refractivity contribution < 1.29 is 14.3 Å². The molecular weight excluding hydrogens is 194 g/mol. The van der Waals surface area contributed by atoms with Crippen LogP contribution in [0.2, 0.25) is 0 Å². The molecule has 0 aliphatic carbocycles. The fourth-order valence-corrected chi connectivity index (χ4v) is 1.63. The summed E-state index contributed by atoms with van der Waals surface area (Å²) in [6, 6.07) is 4.94. The van der Waals surface area contributed by atoms with Gasteiger partial charge in [0.15, 0.2) is 5.75 Å². The monoisotopic (exact) mass is 207 g/mol. The first-order chi connectivity index (χ1) is 7.26. The Balaban J connectivity index is 2.62. The first-order valence-corrected chi connectivity index (χ1v) is 4.74. The molecule has 0 radical (unpaired) electrons. The molecule has 2 rings (SSSR count). The molecule has 4 heteroatoms. The SMILES string of the molecule is COc1c(CCN)oc2cc(O)ccc12. The molecule has 0 aliphatic heterocycles. The summed E-state index contributed by atoms with van der Waals surface area (Å²) in [5, 5.41) is 10.2. The Hall–Kier alpha value is -1.68. The number of benzene rings is 1. The second-order valence-corrected chi connectivity index (χ2v) is 3.28. The van der Waals surface area contributed by atoms with Gasteiger partial charge in [-0.15, -0.1) is 0 Å². The molecule has 0 aliphatic rings. The van der Waals surface area contributed by atoms with Crippen LogP contribution in [0.25, 0.3) is 11.0 Å². The number of ether oxygens (including phenoxy) is 1. The highest BCUT2D eigenvalue weighted by atomic mass is 16.5. The molecule has 0 atom stereocenters. The molecule has 1 aromatic heterocycles. The average molecular weight is 207 g/mol. The molecule has 1 aromatic carbocycles. The minimum absolute atomic E-state index is 0.179. The van der Waals surface area contributed by atoms with Crippen LogP contribution < -0.4 is 10.5 Å². The maximum absolute atomic E-state index is 9.31. The van der Waals surface area contributed by atoms with Crippen molar-refractivity contribution in [3.8, 4) is 11.5 Å². The second kappa shape index (κ2) is 3.82. The molecule has 0 saturated heterocycles. The molecule has 0 amide bonds. The van der Waals surface area contributed by atoms with E-state index in [1.54, 1.807) is 25.3 Å². The Labute approximate surface area is 87.2 Å². The largest absolute Gasteiger partial charge is 0.508 e. The highest BCUT2D eigenvalue weighted by Crippen LogP contribution is 2.34. The van der Waals surface area contributed by atoms with E-state index in [9.17, 15) is 5.11 Å². The van der Waals surface area contributed by atoms with Gasteiger partial charge in [-0.3, -0.25) is 0 Å². The fourth-order valence-electron chi connectivity index (χ4n) is 1.63. The van der Waals surface area contributed by atoms with Gasteiger partial charge in [-0.05, 0) is 18.7 Å². The normalized spacial score (nSPS) is 10.8. The Morgan fingerprint density at radius 2 is 2.27 bits per heavy atom. The predicted octanol–water partition coefficient (Wildman–Crippen LogP) is 1.65. The van der Waals surface area contributed by atoms with Crippen LogP contribution in [0.15, 0.2) is 22.6 Å². The van der Waals surface area contributed by atoms with Crippen molar-refractivity contribution in [1.82, 2.24) is 0 Å². The van der Waals surface area contributed by atoms with Gasteiger partial charge in [0, 0.05) is 12.5 Å². The third-order valence-electron chi connectivity index (χ3n) is 2.27. The van der Waals surface area contributed by atoms with E-state index in [-0.39, 0.29) is 5.75 Å². The van der Waals surface area contributed by atoms with Gasteiger partial charge in [-0.25, -0.2) is 0 Å². The van der Waals surface area contributed by atoms with Gasteiger partial charge in [0.05, 0.1) is 12.5 Å². The number of phenolic OH excluding ortho intramolecular Hbond substituents is 1. The van der Waals surface area contributed by atoms with Gasteiger partial charge in [0.1, 0.15) is 17.1 Å². The Morgan fingerprint density at radius 1 is 1.47 bits per heavy atom. The van der Waals surface area contributed by atoms with E-state index < -0.39 is 0 Å². The molecule has 0 saturated carbocycles. The molecule has 2 aromatic rings. The maximum atomic E-state index is 9.31. The number of rotatable bonds is 3. The van der Waals surface area contributed by atoms with E-state index in [1.807, 2.05) is 0 Å². The van der Waals surface area contributed by atoms with Crippen LogP contribution in [0.5, 0.6) is 11.5 Å². The highest BCUT2D eigenvalue weighted by molar-refractivity contribution is 5.86. The number of phenols is 1. The lowest BCUT2D eigenvalue weighted by atomic mass is 10.2. The van der Waals surface area contributed by atoms with Crippen molar-refractivity contribution in [2.24, 2.45) is 5.73 Å². The van der Waals surface area contributed by atoms with E-state index in [4.69, 9.17) is 14.9 Å². The molecule has 4 nitrogen and oxygen atoms in total. The van der Waals surface area contributed by atoms with Gasteiger partial charge in [0.2, 0.25) is 0 Å². The number of hydrogen-bond donors (Lipinski definition) is 2. The van der Waals surface area contributed by atoms with Crippen molar-refractivity contribution >= 4 is 11.0 Å². The second-order valence-electron chi connectivity index (χ2n) is 3.28. The first kappa shape index (κ1) is 9.86. The molecule has 15 heavy (non-hydrogen) atoms. The average Bonchev–Trinajstić information content (AvgIpc) is 2.54. The molecule has 0 unspecified atom stereocenters. The van der Waals surface area contributed by atoms with Crippen molar-refractivity contribution in [2.45, 2.75) is 6.42 Å². The smallest absolute Gasteiger partial charge is 0.168 e. The summed E-state index contributed by atoms with van der Waals surface area (Å²) in [4.78, 5) is 0. The summed E-state index contributed by atoms with van der Waals surface area (Å²) in [6.07, 6.45) is 0.624. The Bertz CT molecular complexity index is 476. The van der Waals surface area contributed by atoms with Crippen LogP contribution in [0.4, 0.5) is 0 Å². The molecule has 0 bridgehead atoms. The van der Waals surface area contributed by atoms with Gasteiger partial charge in [-0.2, -0.15) is 0 Å². The number of aromatic hydroxyl groups is 1. The third kappa shape index (κ3) is 1.64. The van der Waals surface area contributed by atoms with Crippen LogP contribution in [0.3, 0.4) is 0 Å². The zero-order valence-electron chi connectivity index (χ0n) is 8.49. The summed E-state index contributed by atoms with van der Waals surface area (Å²) in [5.74, 6) is 1.61. The van der Waals surface area contributed by atoms with Crippen LogP contribution in [0, 0.1) is 0 Å². The maximum Gasteiger partial charge on any atom is 0.168 e. The molecular formula is C11H13NO3. The van der Waals surface area contributed by atoms with Crippen LogP contribution in [0.1, 0.15) is 5.76 Å². The zero-order chi connectivity index (χ0) is 10.8. The number of hydrogen-bond acceptors (Lipinski definition) is 4. The minimum atomic E-state index is 0.179. The summed E-state index contributed by atoms with van der Waals surface area (Å²) >= 11 is 0. The van der Waals surface area contributed by atoms with E-state index in [2.05, 4.69) is 0 Å². The lowest BCUT2D eigenvalue weighted by Crippen LogP contribution is -2.02. The fraction of sp³-hybridized carbons (Fsp3) is 0.273. The summed E-state index contributed by atoms with van der Waals surface area (Å²) in [6.45, 7) is 0.502. The lowest BCUT2D eigenvalue weighted by Gasteiger charge is -1.98. The van der Waals surface area contributed by atoms with Crippen molar-refractivity contribution in [3.05, 3.63) is 24.0 Å². The quantitative estimate of drug-likeness (QED) is 0.802. The van der Waals surface area contributed by atoms with E-state index in [0.717, 1.165) is 11.1 Å². The number of furan rings is 1. The van der Waals surface area contributed by atoms with Crippen LogP contribution in [-0.2, 0) is 6.42 Å². The van der Waals surface area contributed by atoms with Crippen LogP contribution >= 0.6 is 0 Å². The first-order valence-electron chi connectivity index (χ1n) is 4.74. The number of nitrogens with two attached hydrogens (primary N) is 1. The molecule has 80 valence electrons. The van der Waals surface area contributed by atoms with Gasteiger partial charge < -0.3 is 20.0 Å². The van der Waals surface area contributed by atoms with Gasteiger partial charge in [-0.1, -0.05) is 0 Å². The van der Waals surface area contributed by atoms with Gasteiger partial charge >= 0.3 is 0 Å². The Morgan fingerprint density at radius 3 is 2.93 bits per heavy atom. The lowest BCUT2D eigenvalue weighted by molar-refractivity contribution is 0.396. The van der Waals surface area contributed by atoms with Crippen molar-refractivity contribution in [1.29, 1.82) is 0 Å². The standard InChI is InChI=1S/C11H13NO3/c1-14-11-8-3-2-7(13)6-10(8)15-9(11)4-5-12/h2-3,6,13H,4-5,12H2,1H3.